The summed E-state index contributed by atoms with van der Waals surface area (Å²) >= 11 is 6.89. The summed E-state index contributed by atoms with van der Waals surface area (Å²) in [4.78, 5) is 28.0. The first-order valence-corrected chi connectivity index (χ1v) is 12.9. The summed E-state index contributed by atoms with van der Waals surface area (Å²) in [6.07, 6.45) is 6.96. The van der Waals surface area contributed by atoms with Gasteiger partial charge in [-0.2, -0.15) is 0 Å². The van der Waals surface area contributed by atoms with Gasteiger partial charge in [0.25, 0.3) is 10.0 Å². The average Bonchev–Trinajstić information content (AvgIpc) is 3.20. The molecule has 170 valence electrons. The maximum Gasteiger partial charge on any atom is 0.340 e. The Labute approximate surface area is 196 Å². The van der Waals surface area contributed by atoms with Gasteiger partial charge in [-0.05, 0) is 55.5 Å². The minimum absolute atomic E-state index is 0.0450. The molecule has 0 unspecified atom stereocenters. The molecule has 1 aliphatic heterocycles. The van der Waals surface area contributed by atoms with Crippen molar-refractivity contribution in [2.45, 2.75) is 36.4 Å². The molecule has 4 rings (SSSR count). The Bertz CT molecular complexity index is 1170. The average molecular weight is 495 g/mol. The SMILES string of the molecule is COC(=O)c1c(S(=O)(=O)Nc2ccc(Cl)cc2)sc2c1CCN(C(=O)[C@H]1CC=CCC1)C2. The van der Waals surface area contributed by atoms with Gasteiger partial charge in [0.2, 0.25) is 5.91 Å². The number of amides is 1. The fourth-order valence-corrected chi connectivity index (χ4v) is 7.15. The molecule has 2 aromatic rings. The van der Waals surface area contributed by atoms with Crippen LogP contribution in [0.25, 0.3) is 0 Å². The number of anilines is 1. The lowest BCUT2D eigenvalue weighted by Gasteiger charge is -2.31. The molecule has 1 aromatic carbocycles. The lowest BCUT2D eigenvalue weighted by molar-refractivity contribution is -0.136. The molecule has 1 amide bonds. The Balaban J connectivity index is 1.65. The first kappa shape index (κ1) is 22.8. The molecule has 1 atom stereocenters. The third-order valence-corrected chi connectivity index (χ3v) is 9.05. The molecule has 0 spiro atoms. The second-order valence-corrected chi connectivity index (χ2v) is 11.2. The monoisotopic (exact) mass is 494 g/mol. The number of hydrogen-bond donors (Lipinski definition) is 1. The molecule has 1 N–H and O–H groups in total. The van der Waals surface area contributed by atoms with E-state index >= 15 is 0 Å². The van der Waals surface area contributed by atoms with E-state index in [1.807, 2.05) is 6.08 Å². The van der Waals surface area contributed by atoms with Crippen molar-refractivity contribution in [2.24, 2.45) is 5.92 Å². The number of sulfonamides is 1. The Morgan fingerprint density at radius 3 is 2.62 bits per heavy atom. The summed E-state index contributed by atoms with van der Waals surface area (Å²) in [5.41, 5.74) is 1.03. The molecule has 0 bridgehead atoms. The molecule has 7 nitrogen and oxygen atoms in total. The van der Waals surface area contributed by atoms with E-state index in [0.717, 1.165) is 30.6 Å². The largest absolute Gasteiger partial charge is 0.465 e. The smallest absolute Gasteiger partial charge is 0.340 e. The van der Waals surface area contributed by atoms with Crippen molar-refractivity contribution in [3.8, 4) is 0 Å². The first-order chi connectivity index (χ1) is 15.3. The Hall–Kier alpha value is -2.36. The van der Waals surface area contributed by atoms with Crippen LogP contribution in [0.4, 0.5) is 5.69 Å². The van der Waals surface area contributed by atoms with E-state index in [9.17, 15) is 18.0 Å². The molecule has 2 aliphatic rings. The number of carbonyl (C=O) groups excluding carboxylic acids is 2. The van der Waals surface area contributed by atoms with Crippen LogP contribution in [0.5, 0.6) is 0 Å². The molecular weight excluding hydrogens is 472 g/mol. The summed E-state index contributed by atoms with van der Waals surface area (Å²) in [6.45, 7) is 0.733. The van der Waals surface area contributed by atoms with Gasteiger partial charge in [0.05, 0.1) is 19.2 Å². The molecular formula is C22H23ClN2O5S2. The van der Waals surface area contributed by atoms with Crippen molar-refractivity contribution in [1.29, 1.82) is 0 Å². The van der Waals surface area contributed by atoms with E-state index in [-0.39, 0.29) is 21.6 Å². The normalized spacial score (nSPS) is 18.2. The fraction of sp³-hybridized carbons (Fsp3) is 0.364. The molecule has 0 radical (unpaired) electrons. The Morgan fingerprint density at radius 2 is 1.97 bits per heavy atom. The number of allylic oxidation sites excluding steroid dienone is 2. The van der Waals surface area contributed by atoms with Gasteiger partial charge in [0, 0.05) is 28.0 Å². The van der Waals surface area contributed by atoms with Crippen LogP contribution in [0.15, 0.2) is 40.6 Å². The predicted octanol–water partition coefficient (Wildman–Crippen LogP) is 4.23. The van der Waals surface area contributed by atoms with Gasteiger partial charge in [0.15, 0.2) is 4.21 Å². The highest BCUT2D eigenvalue weighted by Crippen LogP contribution is 2.38. The predicted molar refractivity (Wildman–Crippen MR) is 124 cm³/mol. The summed E-state index contributed by atoms with van der Waals surface area (Å²) in [7, 11) is -2.83. The Kier molecular flexibility index (Phi) is 6.60. The summed E-state index contributed by atoms with van der Waals surface area (Å²) in [5.74, 6) is -0.663. The maximum atomic E-state index is 13.2. The third kappa shape index (κ3) is 4.55. The number of rotatable bonds is 5. The van der Waals surface area contributed by atoms with Gasteiger partial charge in [-0.1, -0.05) is 23.8 Å². The van der Waals surface area contributed by atoms with Crippen molar-refractivity contribution in [3.05, 3.63) is 57.4 Å². The van der Waals surface area contributed by atoms with Crippen molar-refractivity contribution >= 4 is 50.5 Å². The number of ether oxygens (including phenoxy) is 1. The highest BCUT2D eigenvalue weighted by molar-refractivity contribution is 7.94. The second kappa shape index (κ2) is 9.25. The Morgan fingerprint density at radius 1 is 1.22 bits per heavy atom. The van der Waals surface area contributed by atoms with Crippen LogP contribution in [0.1, 0.15) is 40.1 Å². The summed E-state index contributed by atoms with van der Waals surface area (Å²) < 4.78 is 33.7. The summed E-state index contributed by atoms with van der Waals surface area (Å²) in [6, 6.07) is 6.24. The number of nitrogens with zero attached hydrogens (tertiary/aromatic N) is 1. The molecule has 32 heavy (non-hydrogen) atoms. The number of halogens is 1. The van der Waals surface area contributed by atoms with Crippen LogP contribution in [-0.4, -0.2) is 38.8 Å². The van der Waals surface area contributed by atoms with Crippen LogP contribution < -0.4 is 4.72 Å². The van der Waals surface area contributed by atoms with Gasteiger partial charge in [-0.15, -0.1) is 11.3 Å². The number of hydrogen-bond acceptors (Lipinski definition) is 6. The molecule has 1 aromatic heterocycles. The van der Waals surface area contributed by atoms with E-state index in [0.29, 0.717) is 40.7 Å². The van der Waals surface area contributed by atoms with Crippen molar-refractivity contribution in [1.82, 2.24) is 4.90 Å². The van der Waals surface area contributed by atoms with Crippen LogP contribution in [0.2, 0.25) is 5.02 Å². The molecule has 1 aliphatic carbocycles. The number of nitrogens with one attached hydrogen (secondary N) is 1. The zero-order chi connectivity index (χ0) is 22.9. The van der Waals surface area contributed by atoms with Gasteiger partial charge in [-0.3, -0.25) is 9.52 Å². The number of esters is 1. The topological polar surface area (TPSA) is 92.8 Å². The van der Waals surface area contributed by atoms with Crippen LogP contribution >= 0.6 is 22.9 Å². The zero-order valence-corrected chi connectivity index (χ0v) is 19.9. The number of fused-ring (bicyclic) bond motifs is 1. The summed E-state index contributed by atoms with van der Waals surface area (Å²) in [5, 5.41) is 0.480. The highest BCUT2D eigenvalue weighted by atomic mass is 35.5. The quantitative estimate of drug-likeness (QED) is 0.496. The van der Waals surface area contributed by atoms with Gasteiger partial charge >= 0.3 is 5.97 Å². The molecule has 0 saturated carbocycles. The van der Waals surface area contributed by atoms with Gasteiger partial charge in [-0.25, -0.2) is 13.2 Å². The van der Waals surface area contributed by atoms with E-state index in [1.54, 1.807) is 29.2 Å². The van der Waals surface area contributed by atoms with E-state index in [2.05, 4.69) is 10.8 Å². The fourth-order valence-electron chi connectivity index (χ4n) is 4.06. The molecule has 10 heteroatoms. The van der Waals surface area contributed by atoms with Crippen molar-refractivity contribution < 1.29 is 22.7 Å². The lowest BCUT2D eigenvalue weighted by Crippen LogP contribution is -2.39. The first-order valence-electron chi connectivity index (χ1n) is 10.2. The lowest BCUT2D eigenvalue weighted by atomic mass is 9.92. The minimum Gasteiger partial charge on any atom is -0.465 e. The molecule has 0 fully saturated rings. The van der Waals surface area contributed by atoms with Crippen molar-refractivity contribution in [2.75, 3.05) is 18.4 Å². The van der Waals surface area contributed by atoms with E-state index < -0.39 is 16.0 Å². The number of thiophene rings is 1. The molecule has 0 saturated heterocycles. The second-order valence-electron chi connectivity index (χ2n) is 7.76. The van der Waals surface area contributed by atoms with E-state index in [4.69, 9.17) is 16.3 Å². The zero-order valence-electron chi connectivity index (χ0n) is 17.5. The number of benzene rings is 1. The van der Waals surface area contributed by atoms with Crippen LogP contribution in [-0.2, 0) is 32.5 Å². The maximum absolute atomic E-state index is 13.2. The van der Waals surface area contributed by atoms with Crippen LogP contribution in [0, 0.1) is 5.92 Å². The number of carbonyl (C=O) groups is 2. The van der Waals surface area contributed by atoms with Crippen molar-refractivity contribution in [3.63, 3.8) is 0 Å². The van der Waals surface area contributed by atoms with Crippen LogP contribution in [0.3, 0.4) is 0 Å². The highest BCUT2D eigenvalue weighted by Gasteiger charge is 2.36. The third-order valence-electron chi connectivity index (χ3n) is 5.68. The molecule has 2 heterocycles. The number of methoxy groups -OCH3 is 1. The minimum atomic E-state index is -4.05. The van der Waals surface area contributed by atoms with Gasteiger partial charge in [0.1, 0.15) is 0 Å². The standard InChI is InChI=1S/C22H23ClN2O5S2/c1-30-21(27)19-17-11-12-25(20(26)14-5-3-2-4-6-14)13-18(17)31-22(19)32(28,29)24-16-9-7-15(23)8-10-16/h2-3,7-10,14,24H,4-6,11-13H2,1H3/t14-/m0/s1. The van der Waals surface area contributed by atoms with E-state index in [1.165, 1.54) is 7.11 Å². The van der Waals surface area contributed by atoms with Gasteiger partial charge < -0.3 is 9.64 Å².